The molecule has 17 heavy (non-hydrogen) atoms. The van der Waals surface area contributed by atoms with Gasteiger partial charge in [-0.05, 0) is 46.9 Å². The van der Waals surface area contributed by atoms with Crippen LogP contribution in [-0.4, -0.2) is 22.0 Å². The van der Waals surface area contributed by atoms with Gasteiger partial charge in [-0.3, -0.25) is 0 Å². The molecule has 1 aromatic carbocycles. The lowest BCUT2D eigenvalue weighted by Crippen LogP contribution is -2.31. The number of hydrogen-bond donors (Lipinski definition) is 2. The number of carbonyl (C=O) groups is 1. The van der Waals surface area contributed by atoms with Gasteiger partial charge in [0, 0.05) is 23.0 Å². The van der Waals surface area contributed by atoms with Crippen LogP contribution in [0.4, 0.5) is 0 Å². The Balaban J connectivity index is 2.59. The lowest BCUT2D eigenvalue weighted by atomic mass is 10.2. The highest BCUT2D eigenvalue weighted by Crippen LogP contribution is 2.20. The number of benzene rings is 1. The Labute approximate surface area is 113 Å². The molecule has 1 rings (SSSR count). The van der Waals surface area contributed by atoms with Crippen LogP contribution in [0.15, 0.2) is 36.4 Å². The summed E-state index contributed by atoms with van der Waals surface area (Å²) in [6.45, 7) is 1.48. The Morgan fingerprint density at radius 1 is 1.47 bits per heavy atom. The van der Waals surface area contributed by atoms with Gasteiger partial charge in [0.25, 0.3) is 0 Å². The van der Waals surface area contributed by atoms with Gasteiger partial charge in [-0.2, -0.15) is 0 Å². The fraction of sp³-hybridized carbons (Fsp3) is 0.250. The van der Waals surface area contributed by atoms with Crippen molar-refractivity contribution in [2.24, 2.45) is 0 Å². The van der Waals surface area contributed by atoms with E-state index in [1.807, 2.05) is 12.1 Å². The summed E-state index contributed by atoms with van der Waals surface area (Å²) in [6.07, 6.45) is 2.44. The van der Waals surface area contributed by atoms with Crippen molar-refractivity contribution in [3.63, 3.8) is 0 Å². The van der Waals surface area contributed by atoms with Gasteiger partial charge in [-0.15, -0.1) is 0 Å². The van der Waals surface area contributed by atoms with Crippen molar-refractivity contribution in [1.29, 1.82) is 0 Å². The van der Waals surface area contributed by atoms with Crippen LogP contribution in [0.25, 0.3) is 0 Å². The summed E-state index contributed by atoms with van der Waals surface area (Å²) in [6, 6.07) is 7.21. The Hall–Kier alpha value is -1.08. The minimum atomic E-state index is -1.42. The number of ether oxygens (including phenoxy) is 1. The summed E-state index contributed by atoms with van der Waals surface area (Å²) < 4.78 is 6.42. The van der Waals surface area contributed by atoms with Crippen LogP contribution >= 0.6 is 22.6 Å². The Morgan fingerprint density at radius 3 is 2.59 bits per heavy atom. The summed E-state index contributed by atoms with van der Waals surface area (Å²) in [5, 5.41) is 18.3. The zero-order chi connectivity index (χ0) is 12.9. The molecule has 0 bridgehead atoms. The normalized spacial score (nSPS) is 14.5. The molecule has 1 aromatic rings. The van der Waals surface area contributed by atoms with Crippen molar-refractivity contribution >= 4 is 28.6 Å². The number of hydrogen-bond acceptors (Lipinski definition) is 3. The zero-order valence-electron chi connectivity index (χ0n) is 9.26. The molecule has 0 heterocycles. The van der Waals surface area contributed by atoms with E-state index in [9.17, 15) is 9.90 Å². The molecule has 0 radical (unpaired) electrons. The van der Waals surface area contributed by atoms with Gasteiger partial charge >= 0.3 is 5.97 Å². The molecular weight excluding hydrogens is 335 g/mol. The quantitative estimate of drug-likeness (QED) is 0.487. The molecule has 0 aliphatic carbocycles. The van der Waals surface area contributed by atoms with Crippen LogP contribution in [-0.2, 0) is 4.79 Å². The van der Waals surface area contributed by atoms with Gasteiger partial charge in [0.15, 0.2) is 0 Å². The smallest absolute Gasteiger partial charge is 0.327 e. The monoisotopic (exact) mass is 348 g/mol. The van der Waals surface area contributed by atoms with Gasteiger partial charge in [0.1, 0.15) is 5.75 Å². The van der Waals surface area contributed by atoms with E-state index >= 15 is 0 Å². The van der Waals surface area contributed by atoms with E-state index in [0.717, 1.165) is 9.65 Å². The third-order valence-corrected chi connectivity index (χ3v) is 2.63. The van der Waals surface area contributed by atoms with Gasteiger partial charge in [-0.25, -0.2) is 4.79 Å². The van der Waals surface area contributed by atoms with Crippen molar-refractivity contribution in [2.45, 2.75) is 19.1 Å². The first-order valence-corrected chi connectivity index (χ1v) is 6.03. The van der Waals surface area contributed by atoms with E-state index in [1.54, 1.807) is 12.1 Å². The highest BCUT2D eigenvalue weighted by molar-refractivity contribution is 14.1. The van der Waals surface area contributed by atoms with Gasteiger partial charge in [-0.1, -0.05) is 6.08 Å². The van der Waals surface area contributed by atoms with E-state index < -0.39 is 11.8 Å². The lowest BCUT2D eigenvalue weighted by molar-refractivity contribution is -0.131. The molecule has 0 aliphatic heterocycles. The largest absolute Gasteiger partial charge is 0.478 e. The van der Waals surface area contributed by atoms with Crippen molar-refractivity contribution < 1.29 is 19.7 Å². The molecule has 0 saturated carbocycles. The SMILES string of the molecule is CC(O)(CC=CC(=O)O)Oc1ccc(I)cc1. The fourth-order valence-electron chi connectivity index (χ4n) is 1.18. The maximum Gasteiger partial charge on any atom is 0.327 e. The summed E-state index contributed by atoms with van der Waals surface area (Å²) in [5.41, 5.74) is 0. The molecule has 0 spiro atoms. The number of rotatable bonds is 5. The van der Waals surface area contributed by atoms with Crippen LogP contribution in [0.5, 0.6) is 5.75 Å². The van der Waals surface area contributed by atoms with Crippen LogP contribution in [0.2, 0.25) is 0 Å². The molecule has 4 nitrogen and oxygen atoms in total. The molecule has 0 aliphatic rings. The first kappa shape index (κ1) is 14.0. The molecule has 0 amide bonds. The van der Waals surface area contributed by atoms with Crippen LogP contribution in [0.3, 0.4) is 0 Å². The van der Waals surface area contributed by atoms with E-state index in [2.05, 4.69) is 22.6 Å². The predicted octanol–water partition coefficient (Wildman–Crippen LogP) is 2.41. The molecule has 5 heteroatoms. The summed E-state index contributed by atoms with van der Waals surface area (Å²) in [4.78, 5) is 10.3. The second kappa shape index (κ2) is 6.02. The predicted molar refractivity (Wildman–Crippen MR) is 71.8 cm³/mol. The second-order valence-electron chi connectivity index (χ2n) is 3.68. The average molecular weight is 348 g/mol. The molecule has 1 unspecified atom stereocenters. The molecule has 2 N–H and O–H groups in total. The number of aliphatic carboxylic acids is 1. The molecule has 0 fully saturated rings. The lowest BCUT2D eigenvalue weighted by Gasteiger charge is -2.23. The molecule has 0 saturated heterocycles. The maximum absolute atomic E-state index is 10.3. The summed E-state index contributed by atoms with van der Waals surface area (Å²) in [5.74, 6) is -1.92. The minimum absolute atomic E-state index is 0.102. The van der Waals surface area contributed by atoms with E-state index in [-0.39, 0.29) is 6.42 Å². The first-order chi connectivity index (χ1) is 7.89. The minimum Gasteiger partial charge on any atom is -0.478 e. The number of carboxylic acids is 1. The Bertz CT molecular complexity index is 409. The number of carboxylic acid groups (broad SMARTS) is 1. The average Bonchev–Trinajstić information content (AvgIpc) is 2.20. The van der Waals surface area contributed by atoms with Crippen molar-refractivity contribution in [1.82, 2.24) is 0 Å². The third kappa shape index (κ3) is 5.69. The fourth-order valence-corrected chi connectivity index (χ4v) is 1.54. The van der Waals surface area contributed by atoms with Crippen molar-refractivity contribution in [3.05, 3.63) is 40.0 Å². The first-order valence-electron chi connectivity index (χ1n) is 4.95. The van der Waals surface area contributed by atoms with E-state index in [0.29, 0.717) is 5.75 Å². The Kier molecular flexibility index (Phi) is 4.95. The highest BCUT2D eigenvalue weighted by atomic mass is 127. The number of halogens is 1. The summed E-state index contributed by atoms with van der Waals surface area (Å²) in [7, 11) is 0. The molecule has 1 atom stereocenters. The van der Waals surface area contributed by atoms with Crippen molar-refractivity contribution in [3.8, 4) is 5.75 Å². The molecular formula is C12H13IO4. The van der Waals surface area contributed by atoms with Gasteiger partial charge in [0.05, 0.1) is 0 Å². The van der Waals surface area contributed by atoms with Crippen molar-refractivity contribution in [2.75, 3.05) is 0 Å². The number of aliphatic hydroxyl groups is 1. The zero-order valence-corrected chi connectivity index (χ0v) is 11.4. The summed E-state index contributed by atoms with van der Waals surface area (Å²) >= 11 is 2.17. The topological polar surface area (TPSA) is 66.8 Å². The van der Waals surface area contributed by atoms with Gasteiger partial charge < -0.3 is 14.9 Å². The van der Waals surface area contributed by atoms with Gasteiger partial charge in [0.2, 0.25) is 5.79 Å². The maximum atomic E-state index is 10.3. The second-order valence-corrected chi connectivity index (χ2v) is 4.92. The molecule has 92 valence electrons. The van der Waals surface area contributed by atoms with E-state index in [1.165, 1.54) is 13.0 Å². The van der Waals surface area contributed by atoms with Crippen LogP contribution in [0.1, 0.15) is 13.3 Å². The van der Waals surface area contributed by atoms with Crippen LogP contribution < -0.4 is 4.74 Å². The standard InChI is InChI=1S/C12H13IO4/c1-12(16,8-2-3-11(14)15)17-10-6-4-9(13)5-7-10/h2-7,16H,8H2,1H3,(H,14,15). The Morgan fingerprint density at radius 2 is 2.06 bits per heavy atom. The van der Waals surface area contributed by atoms with E-state index in [4.69, 9.17) is 9.84 Å². The highest BCUT2D eigenvalue weighted by Gasteiger charge is 2.20. The van der Waals surface area contributed by atoms with Crippen LogP contribution in [0, 0.1) is 3.57 Å². The molecule has 0 aromatic heterocycles. The third-order valence-electron chi connectivity index (χ3n) is 1.91.